The van der Waals surface area contributed by atoms with Crippen molar-refractivity contribution in [3.8, 4) is 11.5 Å². The lowest BCUT2D eigenvalue weighted by molar-refractivity contribution is -0.386. The van der Waals surface area contributed by atoms with Crippen LogP contribution in [-0.4, -0.2) is 15.2 Å². The summed E-state index contributed by atoms with van der Waals surface area (Å²) in [6.45, 7) is -0.178. The first kappa shape index (κ1) is 20.3. The molecule has 0 aliphatic carbocycles. The maximum Gasteiger partial charge on any atom is 0.334 e. The van der Waals surface area contributed by atoms with Crippen molar-refractivity contribution in [2.75, 3.05) is 0 Å². The zero-order chi connectivity index (χ0) is 22.3. The van der Waals surface area contributed by atoms with Crippen molar-refractivity contribution >= 4 is 17.1 Å². The number of aromatic nitrogens is 1. The van der Waals surface area contributed by atoms with E-state index in [1.54, 1.807) is 0 Å². The van der Waals surface area contributed by atoms with E-state index in [-0.39, 0.29) is 29.9 Å². The number of nitro groups is 1. The van der Waals surface area contributed by atoms with Crippen LogP contribution in [0.25, 0.3) is 0 Å². The lowest BCUT2D eigenvalue weighted by Crippen LogP contribution is -2.25. The molecule has 11 heteroatoms. The van der Waals surface area contributed by atoms with Crippen molar-refractivity contribution in [3.05, 3.63) is 91.9 Å². The molecule has 0 bridgehead atoms. The van der Waals surface area contributed by atoms with E-state index >= 15 is 0 Å². The number of ether oxygens (including phenoxy) is 1. The SMILES string of the molecule is O=c1c([N+](=O)[O-])cccn1CC1=Nc2c(cc(F)c(F)c2Oc2ccc(F)cc2F)C1. The minimum Gasteiger partial charge on any atom is -0.449 e. The highest BCUT2D eigenvalue weighted by molar-refractivity contribution is 5.95. The maximum atomic E-state index is 14.4. The molecular weight excluding hydrogens is 422 g/mol. The minimum absolute atomic E-state index is 0.00389. The van der Waals surface area contributed by atoms with Crippen LogP contribution >= 0.6 is 0 Å². The second-order valence-corrected chi connectivity index (χ2v) is 6.62. The third-order valence-electron chi connectivity index (χ3n) is 4.55. The summed E-state index contributed by atoms with van der Waals surface area (Å²) in [5, 5.41) is 10.9. The van der Waals surface area contributed by atoms with E-state index in [4.69, 9.17) is 4.74 Å². The molecule has 0 N–H and O–H groups in total. The molecule has 0 atom stereocenters. The first-order valence-corrected chi connectivity index (χ1v) is 8.78. The molecule has 2 heterocycles. The predicted molar refractivity (Wildman–Crippen MR) is 101 cm³/mol. The van der Waals surface area contributed by atoms with E-state index in [9.17, 15) is 32.5 Å². The van der Waals surface area contributed by atoms with Gasteiger partial charge in [-0.25, -0.2) is 13.2 Å². The molecule has 7 nitrogen and oxygen atoms in total. The fourth-order valence-corrected chi connectivity index (χ4v) is 3.15. The van der Waals surface area contributed by atoms with E-state index in [2.05, 4.69) is 4.99 Å². The van der Waals surface area contributed by atoms with E-state index in [0.717, 1.165) is 28.8 Å². The number of rotatable bonds is 5. The normalized spacial score (nSPS) is 12.5. The first-order valence-electron chi connectivity index (χ1n) is 8.78. The summed E-state index contributed by atoms with van der Waals surface area (Å²) < 4.78 is 61.7. The molecule has 0 saturated carbocycles. The number of nitrogens with zero attached hydrogens (tertiary/aromatic N) is 3. The van der Waals surface area contributed by atoms with Crippen LogP contribution in [0.3, 0.4) is 0 Å². The van der Waals surface area contributed by atoms with Crippen LogP contribution in [0.4, 0.5) is 28.9 Å². The molecule has 4 rings (SSSR count). The lowest BCUT2D eigenvalue weighted by Gasteiger charge is -2.11. The first-order chi connectivity index (χ1) is 14.7. The summed E-state index contributed by atoms with van der Waals surface area (Å²) in [4.78, 5) is 26.5. The molecule has 2 aromatic carbocycles. The van der Waals surface area contributed by atoms with Gasteiger partial charge in [-0.15, -0.1) is 0 Å². The number of halogens is 4. The van der Waals surface area contributed by atoms with Crippen LogP contribution in [0.5, 0.6) is 11.5 Å². The molecular formula is C20H11F4N3O4. The monoisotopic (exact) mass is 433 g/mol. The van der Waals surface area contributed by atoms with Crippen LogP contribution in [0.2, 0.25) is 0 Å². The van der Waals surface area contributed by atoms with Gasteiger partial charge in [-0.2, -0.15) is 4.39 Å². The Bertz CT molecular complexity index is 1320. The molecule has 0 saturated heterocycles. The molecule has 31 heavy (non-hydrogen) atoms. The number of hydrogen-bond acceptors (Lipinski definition) is 5. The van der Waals surface area contributed by atoms with Crippen molar-refractivity contribution in [1.82, 2.24) is 4.57 Å². The molecule has 3 aromatic rings. The molecule has 0 radical (unpaired) electrons. The van der Waals surface area contributed by atoms with Gasteiger partial charge in [0, 0.05) is 30.5 Å². The van der Waals surface area contributed by atoms with Crippen LogP contribution in [0.15, 0.2) is 52.4 Å². The highest BCUT2D eigenvalue weighted by atomic mass is 19.2. The highest BCUT2D eigenvalue weighted by Crippen LogP contribution is 2.42. The zero-order valence-electron chi connectivity index (χ0n) is 15.4. The highest BCUT2D eigenvalue weighted by Gasteiger charge is 2.27. The fraction of sp³-hybridized carbons (Fsp3) is 0.100. The fourth-order valence-electron chi connectivity index (χ4n) is 3.15. The number of benzene rings is 2. The maximum absolute atomic E-state index is 14.4. The topological polar surface area (TPSA) is 86.7 Å². The smallest absolute Gasteiger partial charge is 0.334 e. The molecule has 0 unspecified atom stereocenters. The second-order valence-electron chi connectivity index (χ2n) is 6.62. The molecule has 1 aliphatic rings. The second kappa shape index (κ2) is 7.67. The Balaban J connectivity index is 1.71. The molecule has 1 aromatic heterocycles. The molecule has 0 spiro atoms. The van der Waals surface area contributed by atoms with E-state index in [1.165, 1.54) is 12.3 Å². The predicted octanol–water partition coefficient (Wildman–Crippen LogP) is 4.43. The van der Waals surface area contributed by atoms with Gasteiger partial charge in [0.2, 0.25) is 5.82 Å². The third-order valence-corrected chi connectivity index (χ3v) is 4.55. The van der Waals surface area contributed by atoms with Crippen LogP contribution in [0, 0.1) is 33.4 Å². The lowest BCUT2D eigenvalue weighted by atomic mass is 10.1. The molecule has 0 amide bonds. The van der Waals surface area contributed by atoms with Gasteiger partial charge in [-0.05, 0) is 29.8 Å². The van der Waals surface area contributed by atoms with Gasteiger partial charge in [0.15, 0.2) is 23.1 Å². The van der Waals surface area contributed by atoms with E-state index in [1.807, 2.05) is 0 Å². The van der Waals surface area contributed by atoms with Crippen LogP contribution in [-0.2, 0) is 13.0 Å². The van der Waals surface area contributed by atoms with Crippen LogP contribution in [0.1, 0.15) is 5.56 Å². The van der Waals surface area contributed by atoms with Crippen molar-refractivity contribution in [1.29, 1.82) is 0 Å². The standard InChI is InChI=1S/C20H11F4N3O4/c21-11-3-4-16(13(22)8-11)31-19-17(24)14(23)7-10-6-12(25-18(10)19)9-26-5-1-2-15(20(26)28)27(29)30/h1-5,7-8H,6,9H2. The van der Waals surface area contributed by atoms with Gasteiger partial charge < -0.3 is 9.30 Å². The van der Waals surface area contributed by atoms with E-state index in [0.29, 0.717) is 6.07 Å². The Kier molecular flexibility index (Phi) is 5.01. The Morgan fingerprint density at radius 2 is 1.90 bits per heavy atom. The van der Waals surface area contributed by atoms with Gasteiger partial charge in [0.1, 0.15) is 11.5 Å². The van der Waals surface area contributed by atoms with Crippen molar-refractivity contribution in [2.45, 2.75) is 13.0 Å². The Morgan fingerprint density at radius 1 is 1.13 bits per heavy atom. The number of hydrogen-bond donors (Lipinski definition) is 0. The van der Waals surface area contributed by atoms with Gasteiger partial charge >= 0.3 is 11.2 Å². The summed E-state index contributed by atoms with van der Waals surface area (Å²) in [6.07, 6.45) is 1.32. The van der Waals surface area contributed by atoms with E-state index < -0.39 is 50.9 Å². The minimum atomic E-state index is -1.42. The molecule has 158 valence electrons. The summed E-state index contributed by atoms with van der Waals surface area (Å²) in [6, 6.07) is 5.59. The Morgan fingerprint density at radius 3 is 2.61 bits per heavy atom. The summed E-state index contributed by atoms with van der Waals surface area (Å²) in [5.41, 5.74) is -1.13. The molecule has 1 aliphatic heterocycles. The number of fused-ring (bicyclic) bond motifs is 1. The number of aliphatic imine (C=N–C) groups is 1. The number of pyridine rings is 1. The Hall–Kier alpha value is -4.02. The zero-order valence-corrected chi connectivity index (χ0v) is 15.4. The summed E-state index contributed by atoms with van der Waals surface area (Å²) >= 11 is 0. The van der Waals surface area contributed by atoms with Crippen LogP contribution < -0.4 is 10.3 Å². The average molecular weight is 433 g/mol. The van der Waals surface area contributed by atoms with Gasteiger partial charge in [-0.1, -0.05) is 0 Å². The Labute approximate surface area is 171 Å². The summed E-state index contributed by atoms with van der Waals surface area (Å²) in [7, 11) is 0. The summed E-state index contributed by atoms with van der Waals surface area (Å²) in [5.74, 6) is -5.91. The van der Waals surface area contributed by atoms with Crippen molar-refractivity contribution in [3.63, 3.8) is 0 Å². The van der Waals surface area contributed by atoms with Gasteiger partial charge in [0.05, 0.1) is 11.5 Å². The average Bonchev–Trinajstić information content (AvgIpc) is 3.10. The van der Waals surface area contributed by atoms with Crippen molar-refractivity contribution in [2.24, 2.45) is 4.99 Å². The third kappa shape index (κ3) is 3.77. The quantitative estimate of drug-likeness (QED) is 0.338. The largest absolute Gasteiger partial charge is 0.449 e. The van der Waals surface area contributed by atoms with Crippen molar-refractivity contribution < 1.29 is 27.2 Å². The van der Waals surface area contributed by atoms with Gasteiger partial charge in [0.25, 0.3) is 0 Å². The van der Waals surface area contributed by atoms with Gasteiger partial charge in [-0.3, -0.25) is 19.9 Å². The molecule has 0 fully saturated rings.